The van der Waals surface area contributed by atoms with Crippen LogP contribution in [-0.4, -0.2) is 5.97 Å². The highest BCUT2D eigenvalue weighted by Gasteiger charge is 2.05. The average Bonchev–Trinajstić information content (AvgIpc) is 2.31. The summed E-state index contributed by atoms with van der Waals surface area (Å²) in [7, 11) is 0. The van der Waals surface area contributed by atoms with Crippen molar-refractivity contribution in [1.29, 1.82) is 0 Å². The van der Waals surface area contributed by atoms with Crippen molar-refractivity contribution in [3.8, 4) is 5.75 Å². The zero-order valence-corrected chi connectivity index (χ0v) is 8.80. The van der Waals surface area contributed by atoms with Crippen LogP contribution in [0.3, 0.4) is 0 Å². The molecule has 0 fully saturated rings. The molecular weight excluding hydrogens is 200 g/mol. The summed E-state index contributed by atoms with van der Waals surface area (Å²) in [6.45, 7) is 0. The van der Waals surface area contributed by atoms with E-state index in [0.717, 1.165) is 5.56 Å². The number of benzene rings is 2. The molecule has 0 N–H and O–H groups in total. The van der Waals surface area contributed by atoms with Crippen LogP contribution >= 0.6 is 0 Å². The Morgan fingerprint density at radius 3 is 2.06 bits per heavy atom. The molecule has 16 heavy (non-hydrogen) atoms. The molecule has 0 unspecified atom stereocenters. The smallest absolute Gasteiger partial charge is 0.315 e. The van der Waals surface area contributed by atoms with Crippen LogP contribution in [0.15, 0.2) is 60.7 Å². The number of rotatable bonds is 3. The first-order valence-electron chi connectivity index (χ1n) is 5.14. The third-order valence-electron chi connectivity index (χ3n) is 2.17. The lowest BCUT2D eigenvalue weighted by molar-refractivity contribution is -0.133. The van der Waals surface area contributed by atoms with E-state index in [4.69, 9.17) is 4.74 Å². The molecule has 2 aromatic carbocycles. The minimum Gasteiger partial charge on any atom is -0.426 e. The van der Waals surface area contributed by atoms with Crippen LogP contribution in [0.5, 0.6) is 5.75 Å². The van der Waals surface area contributed by atoms with Crippen LogP contribution in [0.2, 0.25) is 0 Å². The van der Waals surface area contributed by atoms with Crippen LogP contribution in [0.25, 0.3) is 0 Å². The fraction of sp³-hybridized carbons (Fsp3) is 0.0714. The Labute approximate surface area is 94.5 Å². The van der Waals surface area contributed by atoms with Crippen LogP contribution in [0.1, 0.15) is 5.56 Å². The summed E-state index contributed by atoms with van der Waals surface area (Å²) in [6, 6.07) is 18.7. The molecule has 0 bridgehead atoms. The van der Waals surface area contributed by atoms with Gasteiger partial charge in [-0.2, -0.15) is 0 Å². The van der Waals surface area contributed by atoms with Gasteiger partial charge in [-0.15, -0.1) is 0 Å². The van der Waals surface area contributed by atoms with Crippen molar-refractivity contribution in [2.24, 2.45) is 0 Å². The fourth-order valence-electron chi connectivity index (χ4n) is 1.42. The quantitative estimate of drug-likeness (QED) is 0.577. The second kappa shape index (κ2) is 5.12. The summed E-state index contributed by atoms with van der Waals surface area (Å²) in [5.74, 6) is 0.348. The highest BCUT2D eigenvalue weighted by Crippen LogP contribution is 2.10. The third kappa shape index (κ3) is 2.95. The number of hydrogen-bond donors (Lipinski definition) is 0. The monoisotopic (exact) mass is 212 g/mol. The van der Waals surface area contributed by atoms with E-state index < -0.39 is 0 Å². The van der Waals surface area contributed by atoms with E-state index in [1.807, 2.05) is 48.5 Å². The summed E-state index contributed by atoms with van der Waals surface area (Å²) >= 11 is 0. The molecule has 0 aromatic heterocycles. The van der Waals surface area contributed by atoms with Gasteiger partial charge in [-0.1, -0.05) is 48.5 Å². The van der Waals surface area contributed by atoms with Crippen LogP contribution < -0.4 is 4.74 Å². The molecule has 80 valence electrons. The zero-order valence-electron chi connectivity index (χ0n) is 8.80. The Balaban J connectivity index is 1.95. The first kappa shape index (κ1) is 10.4. The summed E-state index contributed by atoms with van der Waals surface area (Å²) in [5.41, 5.74) is 0.962. The molecule has 0 atom stereocenters. The summed E-state index contributed by atoms with van der Waals surface area (Å²) in [6.07, 6.45) is 0.301. The zero-order chi connectivity index (χ0) is 11.2. The van der Waals surface area contributed by atoms with Gasteiger partial charge < -0.3 is 4.74 Å². The number of para-hydroxylation sites is 1. The van der Waals surface area contributed by atoms with Gasteiger partial charge in [0.2, 0.25) is 0 Å². The van der Waals surface area contributed by atoms with E-state index in [9.17, 15) is 4.79 Å². The van der Waals surface area contributed by atoms with Gasteiger partial charge in [0.05, 0.1) is 6.42 Å². The second-order valence-electron chi connectivity index (χ2n) is 3.45. The van der Waals surface area contributed by atoms with Crippen molar-refractivity contribution in [1.82, 2.24) is 0 Å². The Morgan fingerprint density at radius 2 is 1.44 bits per heavy atom. The third-order valence-corrected chi connectivity index (χ3v) is 2.17. The van der Waals surface area contributed by atoms with E-state index in [1.165, 1.54) is 0 Å². The lowest BCUT2D eigenvalue weighted by Gasteiger charge is -2.03. The molecule has 0 aliphatic heterocycles. The molecule has 0 aliphatic rings. The maximum atomic E-state index is 11.6. The normalized spacial score (nSPS) is 9.75. The summed E-state index contributed by atoms with van der Waals surface area (Å²) in [5, 5.41) is 0. The number of ether oxygens (including phenoxy) is 1. The van der Waals surface area contributed by atoms with Crippen molar-refractivity contribution in [3.05, 3.63) is 66.2 Å². The van der Waals surface area contributed by atoms with E-state index in [2.05, 4.69) is 0 Å². The topological polar surface area (TPSA) is 26.3 Å². The maximum Gasteiger partial charge on any atom is 0.315 e. The highest BCUT2D eigenvalue weighted by molar-refractivity contribution is 5.75. The van der Waals surface area contributed by atoms with Crippen molar-refractivity contribution in [2.45, 2.75) is 6.42 Å². The fourth-order valence-corrected chi connectivity index (χ4v) is 1.42. The number of carbonyl (C=O) groups excluding carboxylic acids is 1. The van der Waals surface area contributed by atoms with Crippen LogP contribution in [0, 0.1) is 0 Å². The van der Waals surface area contributed by atoms with E-state index >= 15 is 0 Å². The van der Waals surface area contributed by atoms with E-state index in [-0.39, 0.29) is 5.97 Å². The Kier molecular flexibility index (Phi) is 3.34. The molecule has 0 saturated heterocycles. The largest absolute Gasteiger partial charge is 0.426 e. The Morgan fingerprint density at radius 1 is 0.875 bits per heavy atom. The van der Waals surface area contributed by atoms with E-state index in [1.54, 1.807) is 12.1 Å². The molecule has 2 rings (SSSR count). The van der Waals surface area contributed by atoms with Gasteiger partial charge in [0.1, 0.15) is 5.75 Å². The van der Waals surface area contributed by atoms with Crippen molar-refractivity contribution in [3.63, 3.8) is 0 Å². The molecule has 0 amide bonds. The number of esters is 1. The standard InChI is InChI=1S/C14H12O2/c15-14(11-12-7-3-1-4-8-12)16-13-9-5-2-6-10-13/h1-10H,11H2. The Bertz CT molecular complexity index is 405. The molecule has 2 nitrogen and oxygen atoms in total. The van der Waals surface area contributed by atoms with Gasteiger partial charge in [-0.25, -0.2) is 0 Å². The lowest BCUT2D eigenvalue weighted by Crippen LogP contribution is -2.10. The average molecular weight is 212 g/mol. The van der Waals surface area contributed by atoms with Gasteiger partial charge in [0.25, 0.3) is 0 Å². The summed E-state index contributed by atoms with van der Waals surface area (Å²) in [4.78, 5) is 11.6. The molecule has 0 aliphatic carbocycles. The van der Waals surface area contributed by atoms with Gasteiger partial charge in [0.15, 0.2) is 0 Å². The van der Waals surface area contributed by atoms with Crippen LogP contribution in [-0.2, 0) is 11.2 Å². The number of carbonyl (C=O) groups is 1. The van der Waals surface area contributed by atoms with Crippen molar-refractivity contribution < 1.29 is 9.53 Å². The SMILES string of the molecule is O=C(Cc1ccccc1)Oc1ccccc1. The molecule has 0 heterocycles. The van der Waals surface area contributed by atoms with Gasteiger partial charge in [-0.3, -0.25) is 4.79 Å². The van der Waals surface area contributed by atoms with Gasteiger partial charge >= 0.3 is 5.97 Å². The lowest BCUT2D eigenvalue weighted by atomic mass is 10.2. The minimum absolute atomic E-state index is 0.239. The predicted octanol–water partition coefficient (Wildman–Crippen LogP) is 2.83. The van der Waals surface area contributed by atoms with Gasteiger partial charge in [-0.05, 0) is 17.7 Å². The molecular formula is C14H12O2. The molecule has 0 spiro atoms. The van der Waals surface area contributed by atoms with Crippen LogP contribution in [0.4, 0.5) is 0 Å². The minimum atomic E-state index is -0.239. The summed E-state index contributed by atoms with van der Waals surface area (Å²) < 4.78 is 5.18. The van der Waals surface area contributed by atoms with Crippen molar-refractivity contribution >= 4 is 5.97 Å². The second-order valence-corrected chi connectivity index (χ2v) is 3.45. The Hall–Kier alpha value is -2.09. The highest BCUT2D eigenvalue weighted by atomic mass is 16.5. The first-order chi connectivity index (χ1) is 7.84. The molecule has 2 heteroatoms. The first-order valence-corrected chi connectivity index (χ1v) is 5.14. The number of hydrogen-bond acceptors (Lipinski definition) is 2. The molecule has 0 saturated carbocycles. The van der Waals surface area contributed by atoms with Crippen molar-refractivity contribution in [2.75, 3.05) is 0 Å². The molecule has 0 radical (unpaired) electrons. The maximum absolute atomic E-state index is 11.6. The van der Waals surface area contributed by atoms with Gasteiger partial charge in [0, 0.05) is 0 Å². The predicted molar refractivity (Wildman–Crippen MR) is 62.2 cm³/mol. The van der Waals surface area contributed by atoms with E-state index in [0.29, 0.717) is 12.2 Å². The molecule has 2 aromatic rings.